The van der Waals surface area contributed by atoms with E-state index in [1.165, 1.54) is 0 Å². The SMILES string of the molecule is CCOc1ccc([C@@H]2C(C#N)=C3N=C(N)c4ccccc4N3C3=C2C(=O)CC(C)(C)C3)cc1. The van der Waals surface area contributed by atoms with Gasteiger partial charge in [-0.05, 0) is 48.6 Å². The van der Waals surface area contributed by atoms with E-state index in [9.17, 15) is 10.1 Å². The standard InChI is InChI=1S/C27H26N4O2/c1-4-33-17-11-9-16(10-12-17)23-19(15-28)26-30-25(29)18-7-5-6-8-20(18)31(26)21-13-27(2,3)14-22(32)24(21)23/h5-12,23H,4,13-14H2,1-3H3,(H2,29,30)/t23-/m1/s1. The van der Waals surface area contributed by atoms with Crippen LogP contribution in [0.15, 0.2) is 76.2 Å². The molecular formula is C27H26N4O2. The number of ether oxygens (including phenoxy) is 1. The molecule has 2 aromatic rings. The fourth-order valence-electron chi connectivity index (χ4n) is 5.15. The lowest BCUT2D eigenvalue weighted by molar-refractivity contribution is -0.118. The lowest BCUT2D eigenvalue weighted by Gasteiger charge is -2.45. The van der Waals surface area contributed by atoms with E-state index in [-0.39, 0.29) is 11.2 Å². The van der Waals surface area contributed by atoms with Crippen molar-refractivity contribution >= 4 is 17.3 Å². The molecule has 0 saturated carbocycles. The van der Waals surface area contributed by atoms with Crippen molar-refractivity contribution in [3.63, 3.8) is 0 Å². The predicted octanol–water partition coefficient (Wildman–Crippen LogP) is 4.79. The number of rotatable bonds is 3. The number of ketones is 1. The molecule has 1 aliphatic carbocycles. The largest absolute Gasteiger partial charge is 0.494 e. The Kier molecular flexibility index (Phi) is 4.86. The average molecular weight is 439 g/mol. The van der Waals surface area contributed by atoms with Crippen LogP contribution >= 0.6 is 0 Å². The molecule has 6 nitrogen and oxygen atoms in total. The van der Waals surface area contributed by atoms with Gasteiger partial charge in [-0.2, -0.15) is 5.26 Å². The number of hydrogen-bond acceptors (Lipinski definition) is 6. The van der Waals surface area contributed by atoms with Gasteiger partial charge in [0, 0.05) is 23.3 Å². The highest BCUT2D eigenvalue weighted by Gasteiger charge is 2.46. The number of nitrogens with two attached hydrogens (primary N) is 1. The summed E-state index contributed by atoms with van der Waals surface area (Å²) in [5, 5.41) is 10.3. The highest BCUT2D eigenvalue weighted by atomic mass is 16.5. The van der Waals surface area contributed by atoms with Crippen LogP contribution in [0.1, 0.15) is 50.7 Å². The second-order valence-corrected chi connectivity index (χ2v) is 9.44. The van der Waals surface area contributed by atoms with Gasteiger partial charge in [0.1, 0.15) is 11.6 Å². The summed E-state index contributed by atoms with van der Waals surface area (Å²) in [6.07, 6.45) is 1.14. The van der Waals surface area contributed by atoms with Crippen molar-refractivity contribution < 1.29 is 9.53 Å². The number of hydrogen-bond donors (Lipinski definition) is 1. The zero-order chi connectivity index (χ0) is 23.3. The molecule has 2 aliphatic heterocycles. The first-order valence-corrected chi connectivity index (χ1v) is 11.2. The maximum Gasteiger partial charge on any atom is 0.162 e. The number of fused-ring (bicyclic) bond motifs is 4. The summed E-state index contributed by atoms with van der Waals surface area (Å²) in [4.78, 5) is 20.3. The molecule has 0 unspecified atom stereocenters. The Balaban J connectivity index is 1.78. The van der Waals surface area contributed by atoms with Crippen LogP contribution in [0.25, 0.3) is 0 Å². The van der Waals surface area contributed by atoms with Crippen molar-refractivity contribution in [2.45, 2.75) is 39.5 Å². The van der Waals surface area contributed by atoms with E-state index in [0.29, 0.717) is 42.3 Å². The maximum atomic E-state index is 13.6. The van der Waals surface area contributed by atoms with Crippen LogP contribution < -0.4 is 15.4 Å². The first-order valence-electron chi connectivity index (χ1n) is 11.2. The van der Waals surface area contributed by atoms with Gasteiger partial charge in [0.25, 0.3) is 0 Å². The van der Waals surface area contributed by atoms with Crippen molar-refractivity contribution in [2.24, 2.45) is 16.1 Å². The topological polar surface area (TPSA) is 91.7 Å². The summed E-state index contributed by atoms with van der Waals surface area (Å²) in [5.41, 5.74) is 10.7. The van der Waals surface area contributed by atoms with Crippen LogP contribution in [0.4, 0.5) is 5.69 Å². The molecule has 0 bridgehead atoms. The molecule has 5 rings (SSSR count). The lowest BCUT2D eigenvalue weighted by atomic mass is 9.68. The minimum absolute atomic E-state index is 0.0759. The third-order valence-electron chi connectivity index (χ3n) is 6.49. The predicted molar refractivity (Wildman–Crippen MR) is 128 cm³/mol. The second kappa shape index (κ2) is 7.63. The summed E-state index contributed by atoms with van der Waals surface area (Å²) in [6, 6.07) is 17.8. The molecule has 2 N–H and O–H groups in total. The summed E-state index contributed by atoms with van der Waals surface area (Å²) >= 11 is 0. The van der Waals surface area contributed by atoms with E-state index < -0.39 is 5.92 Å². The molecule has 6 heteroatoms. The average Bonchev–Trinajstić information content (AvgIpc) is 2.78. The van der Waals surface area contributed by atoms with Crippen molar-refractivity contribution in [1.29, 1.82) is 5.26 Å². The fraction of sp³-hybridized carbons (Fsp3) is 0.296. The molecular weight excluding hydrogens is 412 g/mol. The number of nitrogens with zero attached hydrogens (tertiary/aromatic N) is 3. The number of aliphatic imine (C=N–C) groups is 1. The second-order valence-electron chi connectivity index (χ2n) is 9.44. The van der Waals surface area contributed by atoms with Crippen LogP contribution in [-0.2, 0) is 4.79 Å². The molecule has 0 aromatic heterocycles. The normalized spacial score (nSPS) is 21.0. The van der Waals surface area contributed by atoms with E-state index in [1.54, 1.807) is 0 Å². The number of amidine groups is 1. The monoisotopic (exact) mass is 438 g/mol. The summed E-state index contributed by atoms with van der Waals surface area (Å²) in [7, 11) is 0. The molecule has 3 aliphatic rings. The molecule has 1 atom stereocenters. The quantitative estimate of drug-likeness (QED) is 0.744. The minimum atomic E-state index is -0.489. The van der Waals surface area contributed by atoms with Gasteiger partial charge in [-0.25, -0.2) is 4.99 Å². The summed E-state index contributed by atoms with van der Waals surface area (Å²) in [6.45, 7) is 6.72. The third-order valence-corrected chi connectivity index (χ3v) is 6.49. The Labute approximate surface area is 193 Å². The van der Waals surface area contributed by atoms with Crippen LogP contribution in [0.5, 0.6) is 5.75 Å². The van der Waals surface area contributed by atoms with E-state index in [1.807, 2.05) is 60.4 Å². The molecule has 0 radical (unpaired) electrons. The van der Waals surface area contributed by atoms with Crippen LogP contribution in [0.3, 0.4) is 0 Å². The number of allylic oxidation sites excluding steroid dienone is 3. The van der Waals surface area contributed by atoms with Gasteiger partial charge in [-0.15, -0.1) is 0 Å². The van der Waals surface area contributed by atoms with Gasteiger partial charge < -0.3 is 10.5 Å². The van der Waals surface area contributed by atoms with Crippen molar-refractivity contribution in [2.75, 3.05) is 11.5 Å². The molecule has 166 valence electrons. The molecule has 33 heavy (non-hydrogen) atoms. The Bertz CT molecular complexity index is 1290. The number of nitriles is 1. The Morgan fingerprint density at radius 3 is 2.61 bits per heavy atom. The zero-order valence-corrected chi connectivity index (χ0v) is 19.1. The molecule has 0 amide bonds. The summed E-state index contributed by atoms with van der Waals surface area (Å²) in [5.74, 6) is 1.23. The number of anilines is 1. The molecule has 0 spiro atoms. The van der Waals surface area contributed by atoms with Crippen molar-refractivity contribution in [3.8, 4) is 11.8 Å². The van der Waals surface area contributed by atoms with Crippen molar-refractivity contribution in [3.05, 3.63) is 82.3 Å². The van der Waals surface area contributed by atoms with Crippen LogP contribution in [0.2, 0.25) is 0 Å². The van der Waals surface area contributed by atoms with E-state index >= 15 is 0 Å². The molecule has 0 fully saturated rings. The minimum Gasteiger partial charge on any atom is -0.494 e. The molecule has 0 saturated heterocycles. The van der Waals surface area contributed by atoms with Gasteiger partial charge in [0.05, 0.1) is 29.9 Å². The number of Topliss-reactive ketones (excluding diaryl/α,β-unsaturated/α-hetero) is 1. The van der Waals surface area contributed by atoms with Crippen LogP contribution in [-0.4, -0.2) is 18.2 Å². The zero-order valence-electron chi connectivity index (χ0n) is 19.1. The van der Waals surface area contributed by atoms with Crippen LogP contribution in [0, 0.1) is 16.7 Å². The lowest BCUT2D eigenvalue weighted by Crippen LogP contribution is -2.42. The highest BCUT2D eigenvalue weighted by molar-refractivity contribution is 6.08. The number of carbonyl (C=O) groups is 1. The number of carbonyl (C=O) groups excluding carboxylic acids is 1. The first kappa shape index (κ1) is 21.0. The van der Waals surface area contributed by atoms with Crippen molar-refractivity contribution in [1.82, 2.24) is 0 Å². The maximum absolute atomic E-state index is 13.6. The molecule has 2 heterocycles. The number of benzene rings is 2. The number of para-hydroxylation sites is 1. The Morgan fingerprint density at radius 2 is 1.91 bits per heavy atom. The van der Waals surface area contributed by atoms with E-state index in [0.717, 1.165) is 28.3 Å². The Hall–Kier alpha value is -3.85. The van der Waals surface area contributed by atoms with Gasteiger partial charge in [0.2, 0.25) is 0 Å². The van der Waals surface area contributed by atoms with Gasteiger partial charge in [-0.1, -0.05) is 38.1 Å². The highest BCUT2D eigenvalue weighted by Crippen LogP contribution is 2.52. The van der Waals surface area contributed by atoms with Gasteiger partial charge in [0.15, 0.2) is 11.6 Å². The Morgan fingerprint density at radius 1 is 1.18 bits per heavy atom. The fourth-order valence-corrected chi connectivity index (χ4v) is 5.15. The third kappa shape index (κ3) is 3.32. The molecule has 2 aromatic carbocycles. The smallest absolute Gasteiger partial charge is 0.162 e. The summed E-state index contributed by atoms with van der Waals surface area (Å²) < 4.78 is 5.59. The van der Waals surface area contributed by atoms with Gasteiger partial charge >= 0.3 is 0 Å². The van der Waals surface area contributed by atoms with E-state index in [2.05, 4.69) is 19.9 Å². The van der Waals surface area contributed by atoms with Gasteiger partial charge in [-0.3, -0.25) is 9.69 Å². The first-order chi connectivity index (χ1) is 15.8. The van der Waals surface area contributed by atoms with E-state index in [4.69, 9.17) is 15.5 Å².